The highest BCUT2D eigenvalue weighted by Gasteiger charge is 2.21. The molecule has 0 fully saturated rings. The topological polar surface area (TPSA) is 128 Å². The van der Waals surface area contributed by atoms with Crippen LogP contribution in [0.3, 0.4) is 0 Å². The summed E-state index contributed by atoms with van der Waals surface area (Å²) in [5.41, 5.74) is 5.02. The van der Waals surface area contributed by atoms with Crippen LogP contribution in [0, 0.1) is 0 Å². The lowest BCUT2D eigenvalue weighted by molar-refractivity contribution is -0.262. The molecule has 0 bridgehead atoms. The van der Waals surface area contributed by atoms with Crippen LogP contribution in [0.4, 0.5) is 0 Å². The largest absolute Gasteiger partial charge is 0.404 e. The first-order valence-electron chi connectivity index (χ1n) is 4.70. The van der Waals surface area contributed by atoms with Crippen molar-refractivity contribution in [1.82, 2.24) is 5.32 Å². The summed E-state index contributed by atoms with van der Waals surface area (Å²) in [6, 6.07) is 0. The van der Waals surface area contributed by atoms with E-state index >= 15 is 0 Å². The van der Waals surface area contributed by atoms with Crippen molar-refractivity contribution in [1.29, 1.82) is 0 Å². The third kappa shape index (κ3) is 5.64. The number of hydrogen-bond acceptors (Lipinski definition) is 7. The highest BCUT2D eigenvalue weighted by Crippen LogP contribution is 2.00. The van der Waals surface area contributed by atoms with Crippen molar-refractivity contribution in [3.8, 4) is 0 Å². The average Bonchev–Trinajstić information content (AvgIpc) is 2.33. The van der Waals surface area contributed by atoms with E-state index in [1.54, 1.807) is 12.2 Å². The van der Waals surface area contributed by atoms with Gasteiger partial charge in [0, 0.05) is 5.57 Å². The smallest absolute Gasteiger partial charge is 0.364 e. The molecule has 8 nitrogen and oxygen atoms in total. The highest BCUT2D eigenvalue weighted by molar-refractivity contribution is 5.88. The van der Waals surface area contributed by atoms with E-state index in [0.29, 0.717) is 6.42 Å². The summed E-state index contributed by atoms with van der Waals surface area (Å²) < 4.78 is 0. The average molecular weight is 246 g/mol. The van der Waals surface area contributed by atoms with Crippen LogP contribution in [-0.2, 0) is 24.2 Å². The summed E-state index contributed by atoms with van der Waals surface area (Å²) in [7, 11) is 0. The van der Waals surface area contributed by atoms with Gasteiger partial charge < -0.3 is 16.2 Å². The van der Waals surface area contributed by atoms with Gasteiger partial charge in [0.25, 0.3) is 0 Å². The lowest BCUT2D eigenvalue weighted by Gasteiger charge is -2.10. The maximum absolute atomic E-state index is 11.0. The van der Waals surface area contributed by atoms with Gasteiger partial charge >= 0.3 is 11.9 Å². The van der Waals surface area contributed by atoms with Crippen LogP contribution in [-0.4, -0.2) is 35.7 Å². The van der Waals surface area contributed by atoms with E-state index in [9.17, 15) is 14.4 Å². The van der Waals surface area contributed by atoms with E-state index in [2.05, 4.69) is 16.4 Å². The standard InChI is InChI=1S/C9H14N2O6/c1-3-5(2)8(14)16-17-9(15)7(13)11-6(12)4-10/h7,13H,2-4,10H2,1H3,(H,11,12). The Morgan fingerprint density at radius 1 is 1.41 bits per heavy atom. The number of nitrogens with two attached hydrogens (primary N) is 1. The molecule has 0 rings (SSSR count). The number of rotatable bonds is 5. The molecule has 0 saturated heterocycles. The van der Waals surface area contributed by atoms with E-state index in [-0.39, 0.29) is 5.57 Å². The zero-order chi connectivity index (χ0) is 13.4. The first-order valence-corrected chi connectivity index (χ1v) is 4.70. The van der Waals surface area contributed by atoms with E-state index in [0.717, 1.165) is 0 Å². The van der Waals surface area contributed by atoms with E-state index in [4.69, 9.17) is 10.8 Å². The van der Waals surface area contributed by atoms with E-state index in [1.165, 1.54) is 0 Å². The van der Waals surface area contributed by atoms with Crippen LogP contribution >= 0.6 is 0 Å². The quantitative estimate of drug-likeness (QED) is 0.229. The lowest BCUT2D eigenvalue weighted by atomic mass is 10.2. The molecule has 1 unspecified atom stereocenters. The van der Waals surface area contributed by atoms with Crippen molar-refractivity contribution in [3.63, 3.8) is 0 Å². The Morgan fingerprint density at radius 3 is 2.47 bits per heavy atom. The number of aliphatic hydroxyl groups excluding tert-OH is 1. The van der Waals surface area contributed by atoms with Crippen molar-refractivity contribution >= 4 is 17.8 Å². The number of carbonyl (C=O) groups is 3. The maximum atomic E-state index is 11.0. The van der Waals surface area contributed by atoms with Crippen LogP contribution in [0.15, 0.2) is 12.2 Å². The molecule has 0 spiro atoms. The molecular formula is C9H14N2O6. The fourth-order valence-electron chi connectivity index (χ4n) is 0.598. The van der Waals surface area contributed by atoms with E-state index in [1.807, 2.05) is 0 Å². The van der Waals surface area contributed by atoms with E-state index < -0.39 is 30.6 Å². The highest BCUT2D eigenvalue weighted by atomic mass is 17.2. The Bertz CT molecular complexity index is 327. The monoisotopic (exact) mass is 246 g/mol. The van der Waals surface area contributed by atoms with Gasteiger partial charge in [-0.05, 0) is 6.42 Å². The van der Waals surface area contributed by atoms with Crippen LogP contribution < -0.4 is 11.1 Å². The van der Waals surface area contributed by atoms with Gasteiger partial charge in [-0.25, -0.2) is 19.4 Å². The summed E-state index contributed by atoms with van der Waals surface area (Å²) in [6.45, 7) is 4.59. The summed E-state index contributed by atoms with van der Waals surface area (Å²) >= 11 is 0. The minimum Gasteiger partial charge on any atom is -0.364 e. The summed E-state index contributed by atoms with van der Waals surface area (Å²) in [6.07, 6.45) is -1.63. The molecule has 0 aliphatic heterocycles. The van der Waals surface area contributed by atoms with Crippen LogP contribution in [0.1, 0.15) is 13.3 Å². The zero-order valence-electron chi connectivity index (χ0n) is 9.26. The summed E-state index contributed by atoms with van der Waals surface area (Å²) in [4.78, 5) is 40.7. The Hall–Kier alpha value is -1.93. The van der Waals surface area contributed by atoms with Gasteiger partial charge in [-0.15, -0.1) is 0 Å². The molecule has 0 aliphatic rings. The number of amides is 1. The molecular weight excluding hydrogens is 232 g/mol. The van der Waals surface area contributed by atoms with Gasteiger partial charge in [0.15, 0.2) is 0 Å². The minimum absolute atomic E-state index is 0.0956. The molecule has 1 atom stereocenters. The third-order valence-electron chi connectivity index (χ3n) is 1.62. The van der Waals surface area contributed by atoms with Crippen molar-refractivity contribution in [3.05, 3.63) is 12.2 Å². The Labute approximate surface area is 97.3 Å². The second-order valence-corrected chi connectivity index (χ2v) is 2.90. The molecule has 17 heavy (non-hydrogen) atoms. The van der Waals surface area contributed by atoms with Crippen LogP contribution in [0.2, 0.25) is 0 Å². The number of aliphatic hydroxyl groups is 1. The normalized spacial score (nSPS) is 11.2. The fraction of sp³-hybridized carbons (Fsp3) is 0.444. The minimum atomic E-state index is -1.95. The molecule has 1 amide bonds. The van der Waals surface area contributed by atoms with Crippen LogP contribution in [0.25, 0.3) is 0 Å². The number of nitrogens with one attached hydrogen (secondary N) is 1. The SMILES string of the molecule is C=C(CC)C(=O)OOC(=O)C(O)NC(=O)CN. The van der Waals surface area contributed by atoms with Crippen LogP contribution in [0.5, 0.6) is 0 Å². The molecule has 0 heterocycles. The Kier molecular flexibility index (Phi) is 6.53. The Balaban J connectivity index is 4.05. The molecule has 0 aliphatic carbocycles. The van der Waals surface area contributed by atoms with Gasteiger partial charge in [0.2, 0.25) is 12.1 Å². The maximum Gasteiger partial charge on any atom is 0.404 e. The lowest BCUT2D eigenvalue weighted by Crippen LogP contribution is -2.44. The first kappa shape index (κ1) is 15.1. The molecule has 0 aromatic heterocycles. The van der Waals surface area contributed by atoms with Crippen molar-refractivity contribution in [2.24, 2.45) is 5.73 Å². The van der Waals surface area contributed by atoms with Gasteiger partial charge in [0.05, 0.1) is 6.54 Å². The molecule has 0 aromatic rings. The molecule has 8 heteroatoms. The second-order valence-electron chi connectivity index (χ2n) is 2.90. The van der Waals surface area contributed by atoms with Crippen molar-refractivity contribution in [2.45, 2.75) is 19.6 Å². The second kappa shape index (κ2) is 7.36. The summed E-state index contributed by atoms with van der Waals surface area (Å²) in [5, 5.41) is 10.9. The number of carbonyl (C=O) groups excluding carboxylic acids is 3. The molecule has 0 saturated carbocycles. The number of hydrogen-bond donors (Lipinski definition) is 3. The van der Waals surface area contributed by atoms with Gasteiger partial charge in [-0.1, -0.05) is 13.5 Å². The van der Waals surface area contributed by atoms with Gasteiger partial charge in [-0.2, -0.15) is 0 Å². The van der Waals surface area contributed by atoms with Crippen molar-refractivity contribution in [2.75, 3.05) is 6.54 Å². The van der Waals surface area contributed by atoms with Crippen molar-refractivity contribution < 1.29 is 29.3 Å². The summed E-state index contributed by atoms with van der Waals surface area (Å²) in [5.74, 6) is -3.04. The predicted octanol–water partition coefficient (Wildman–Crippen LogP) is -1.65. The zero-order valence-corrected chi connectivity index (χ0v) is 9.26. The fourth-order valence-corrected chi connectivity index (χ4v) is 0.598. The first-order chi connectivity index (χ1) is 7.92. The molecule has 0 radical (unpaired) electrons. The predicted molar refractivity (Wildman–Crippen MR) is 54.8 cm³/mol. The molecule has 96 valence electrons. The third-order valence-corrected chi connectivity index (χ3v) is 1.62. The Morgan fingerprint density at radius 2 is 2.00 bits per heavy atom. The van der Waals surface area contributed by atoms with Gasteiger partial charge in [0.1, 0.15) is 0 Å². The molecule has 0 aromatic carbocycles. The van der Waals surface area contributed by atoms with Gasteiger partial charge in [-0.3, -0.25) is 4.79 Å². The molecule has 4 N–H and O–H groups in total.